The number of benzene rings is 1. The summed E-state index contributed by atoms with van der Waals surface area (Å²) in [5.41, 5.74) is 2.85. The zero-order valence-corrected chi connectivity index (χ0v) is 5.60. The van der Waals surface area contributed by atoms with Gasteiger partial charge in [-0.3, -0.25) is 0 Å². The van der Waals surface area contributed by atoms with E-state index < -0.39 is 0 Å². The van der Waals surface area contributed by atoms with Crippen molar-refractivity contribution in [3.05, 3.63) is 24.3 Å². The molecule has 0 spiro atoms. The first-order valence-electron chi connectivity index (χ1n) is 2.65. The number of alkyl halides is 1. The van der Waals surface area contributed by atoms with E-state index in [2.05, 4.69) is 35.9 Å². The molecule has 2 aliphatic carbocycles. The summed E-state index contributed by atoms with van der Waals surface area (Å²) in [5, 5.41) is 7.33. The lowest BCUT2D eigenvalue weighted by atomic mass is 9.95. The van der Waals surface area contributed by atoms with Crippen LogP contribution in [0.15, 0.2) is 24.3 Å². The van der Waals surface area contributed by atoms with Crippen molar-refractivity contribution in [1.29, 1.82) is 0 Å². The molecule has 0 aliphatic heterocycles. The number of hydrogen-bond donors (Lipinski definition) is 1. The molecule has 0 aromatic rings. The number of rotatable bonds is 0. The topological polar surface area (TPSA) is 20.2 Å². The van der Waals surface area contributed by atoms with Gasteiger partial charge >= 0.3 is 0 Å². The Kier molecular flexibility index (Phi) is 2.09. The molecule has 9 heavy (non-hydrogen) atoms. The number of halogens is 1. The Morgan fingerprint density at radius 1 is 1.11 bits per heavy atom. The van der Waals surface area contributed by atoms with Gasteiger partial charge in [0, 0.05) is 0 Å². The van der Waals surface area contributed by atoms with Crippen molar-refractivity contribution in [2.75, 3.05) is 6.07 Å². The second-order valence-electron chi connectivity index (χ2n) is 1.70. The van der Waals surface area contributed by atoms with Crippen molar-refractivity contribution in [3.8, 4) is 11.1 Å². The second-order valence-corrected chi connectivity index (χ2v) is 1.94. The Hall–Kier alpha value is -0.530. The van der Waals surface area contributed by atoms with E-state index >= 15 is 0 Å². The quantitative estimate of drug-likeness (QED) is 0.557. The summed E-state index contributed by atoms with van der Waals surface area (Å²) >= 11 is 4.55. The van der Waals surface area contributed by atoms with Crippen molar-refractivity contribution in [1.82, 2.24) is 0 Å². The first-order valence-corrected chi connectivity index (χ1v) is 3.19. The Balaban J connectivity index is 0.000000120. The van der Waals surface area contributed by atoms with Gasteiger partial charge in [0.1, 0.15) is 6.07 Å². The molecule has 0 saturated carbocycles. The van der Waals surface area contributed by atoms with Crippen molar-refractivity contribution in [2.24, 2.45) is 0 Å². The van der Waals surface area contributed by atoms with Gasteiger partial charge in [0.2, 0.25) is 0 Å². The van der Waals surface area contributed by atoms with E-state index in [1.54, 1.807) is 0 Å². The maximum absolute atomic E-state index is 7.33. The summed E-state index contributed by atoms with van der Waals surface area (Å²) in [6.07, 6.45) is 0. The molecule has 0 heterocycles. The van der Waals surface area contributed by atoms with E-state index in [-0.39, 0.29) is 6.07 Å². The van der Waals surface area contributed by atoms with Gasteiger partial charge in [-0.25, -0.2) is 0 Å². The molecule has 0 aromatic carbocycles. The molecule has 0 atom stereocenters. The van der Waals surface area contributed by atoms with Crippen LogP contribution in [-0.2, 0) is 0 Å². The Bertz CT molecular complexity index is 160. The van der Waals surface area contributed by atoms with E-state index in [4.69, 9.17) is 5.11 Å². The molecule has 2 heteroatoms. The smallest absolute Gasteiger partial charge is 0.117 e. The van der Waals surface area contributed by atoms with Crippen LogP contribution in [0.5, 0.6) is 0 Å². The summed E-state index contributed by atoms with van der Waals surface area (Å²) in [6.45, 7) is 0. The lowest BCUT2D eigenvalue weighted by Crippen LogP contribution is -1.85. The highest BCUT2D eigenvalue weighted by atomic mass is 35.5. The monoisotopic (exact) mass is 142 g/mol. The highest BCUT2D eigenvalue weighted by Gasteiger charge is 2.03. The molecule has 0 aromatic heterocycles. The third-order valence-corrected chi connectivity index (χ3v) is 1.22. The summed E-state index contributed by atoms with van der Waals surface area (Å²) in [5.74, 6) is 0. The van der Waals surface area contributed by atoms with Crippen molar-refractivity contribution in [2.45, 2.75) is 0 Å². The molecule has 2 aliphatic rings. The minimum absolute atomic E-state index is 0.278. The van der Waals surface area contributed by atoms with E-state index in [1.807, 2.05) is 0 Å². The van der Waals surface area contributed by atoms with Crippen LogP contribution in [0.2, 0.25) is 0 Å². The lowest BCUT2D eigenvalue weighted by molar-refractivity contribution is 0.370. The molecule has 0 fully saturated rings. The zero-order valence-electron chi connectivity index (χ0n) is 4.84. The van der Waals surface area contributed by atoms with Crippen LogP contribution < -0.4 is 0 Å². The van der Waals surface area contributed by atoms with E-state index in [0.29, 0.717) is 0 Å². The number of fused-ring (bicyclic) bond motifs is 1. The van der Waals surface area contributed by atoms with Crippen LogP contribution in [0.1, 0.15) is 0 Å². The molecule has 2 rings (SSSR count). The molecular formula is C7H7ClO. The van der Waals surface area contributed by atoms with Gasteiger partial charge in [0.25, 0.3) is 0 Å². The zero-order chi connectivity index (χ0) is 6.69. The largest absolute Gasteiger partial charge is 0.381 e. The highest BCUT2D eigenvalue weighted by molar-refractivity contribution is 6.16. The Morgan fingerprint density at radius 2 is 1.33 bits per heavy atom. The maximum atomic E-state index is 7.33. The van der Waals surface area contributed by atoms with Crippen molar-refractivity contribution < 1.29 is 5.11 Å². The maximum Gasteiger partial charge on any atom is 0.117 e. The molecular weight excluding hydrogens is 136 g/mol. The molecule has 0 unspecified atom stereocenters. The molecule has 1 N–H and O–H groups in total. The second kappa shape index (κ2) is 2.85. The highest BCUT2D eigenvalue weighted by Crippen LogP contribution is 2.29. The summed E-state index contributed by atoms with van der Waals surface area (Å²) < 4.78 is 0. The van der Waals surface area contributed by atoms with Crippen LogP contribution >= 0.6 is 11.6 Å². The van der Waals surface area contributed by atoms with E-state index in [9.17, 15) is 0 Å². The Labute approximate surface area is 58.9 Å². The SMILES string of the molecule is OCCl.c1cc2ccc1-2. The van der Waals surface area contributed by atoms with Crippen LogP contribution in [-0.4, -0.2) is 11.2 Å². The van der Waals surface area contributed by atoms with Gasteiger partial charge in [0.05, 0.1) is 0 Å². The molecule has 0 saturated heterocycles. The van der Waals surface area contributed by atoms with E-state index in [0.717, 1.165) is 0 Å². The van der Waals surface area contributed by atoms with Crippen molar-refractivity contribution >= 4 is 11.6 Å². The van der Waals surface area contributed by atoms with Crippen LogP contribution in [0, 0.1) is 0 Å². The van der Waals surface area contributed by atoms with Gasteiger partial charge in [-0.15, -0.1) is 0 Å². The van der Waals surface area contributed by atoms with Crippen LogP contribution in [0.25, 0.3) is 11.1 Å². The number of hydrogen-bond acceptors (Lipinski definition) is 1. The molecule has 1 nitrogen and oxygen atoms in total. The minimum Gasteiger partial charge on any atom is -0.381 e. The van der Waals surface area contributed by atoms with Gasteiger partial charge < -0.3 is 5.11 Å². The third-order valence-electron chi connectivity index (χ3n) is 1.22. The van der Waals surface area contributed by atoms with Gasteiger partial charge in [-0.1, -0.05) is 35.9 Å². The standard InChI is InChI=1S/C6H4.CH3ClO/c1-2-6-4-3-5(1)6;2-1-3/h1-4H;3H,1H2. The van der Waals surface area contributed by atoms with E-state index in [1.165, 1.54) is 11.1 Å². The number of aliphatic hydroxyl groups excluding tert-OH is 1. The fraction of sp³-hybridized carbons (Fsp3) is 0.143. The fourth-order valence-electron chi connectivity index (χ4n) is 0.663. The summed E-state index contributed by atoms with van der Waals surface area (Å²) in [4.78, 5) is 0. The minimum atomic E-state index is -0.278. The Morgan fingerprint density at radius 3 is 1.33 bits per heavy atom. The average Bonchev–Trinajstić information content (AvgIpc) is 1.81. The first kappa shape index (κ1) is 6.59. The lowest BCUT2D eigenvalue weighted by Gasteiger charge is -2.10. The molecule has 0 amide bonds. The van der Waals surface area contributed by atoms with Gasteiger partial charge in [0.15, 0.2) is 0 Å². The fourth-order valence-corrected chi connectivity index (χ4v) is 0.663. The van der Waals surface area contributed by atoms with Crippen LogP contribution in [0.4, 0.5) is 0 Å². The van der Waals surface area contributed by atoms with Gasteiger partial charge in [-0.2, -0.15) is 0 Å². The normalized spacial score (nSPS) is 9.56. The predicted octanol–water partition coefficient (Wildman–Crippen LogP) is 1.84. The average molecular weight is 143 g/mol. The van der Waals surface area contributed by atoms with Crippen LogP contribution in [0.3, 0.4) is 0 Å². The predicted molar refractivity (Wildman–Crippen MR) is 38.4 cm³/mol. The first-order chi connectivity index (χ1) is 4.38. The third kappa shape index (κ3) is 1.23. The molecule has 0 radical (unpaired) electrons. The van der Waals surface area contributed by atoms with Gasteiger partial charge in [-0.05, 0) is 11.1 Å². The molecule has 48 valence electrons. The number of aliphatic hydroxyl groups is 1. The molecule has 0 bridgehead atoms. The summed E-state index contributed by atoms with van der Waals surface area (Å²) in [7, 11) is 0. The summed E-state index contributed by atoms with van der Waals surface area (Å²) in [6, 6.07) is 8.20. The van der Waals surface area contributed by atoms with Crippen molar-refractivity contribution in [3.63, 3.8) is 0 Å².